The van der Waals surface area contributed by atoms with Gasteiger partial charge in [0.1, 0.15) is 0 Å². The lowest BCUT2D eigenvalue weighted by atomic mass is 9.93. The van der Waals surface area contributed by atoms with Gasteiger partial charge in [-0.2, -0.15) is 0 Å². The van der Waals surface area contributed by atoms with Gasteiger partial charge >= 0.3 is 0 Å². The van der Waals surface area contributed by atoms with E-state index in [0.29, 0.717) is 5.41 Å². The smallest absolute Gasteiger partial charge is 0.00936 e. The maximum Gasteiger partial charge on any atom is 0.00936 e. The summed E-state index contributed by atoms with van der Waals surface area (Å²) in [7, 11) is 2.26. The van der Waals surface area contributed by atoms with Crippen LogP contribution in [0.15, 0.2) is 0 Å². The van der Waals surface area contributed by atoms with Crippen molar-refractivity contribution in [2.24, 2.45) is 5.41 Å². The summed E-state index contributed by atoms with van der Waals surface area (Å²) in [4.78, 5) is 2.51. The molecule has 0 saturated heterocycles. The molecule has 0 amide bonds. The number of nitrogens with zero attached hydrogens (tertiary/aromatic N) is 1. The Bertz CT molecular complexity index is 150. The van der Waals surface area contributed by atoms with Crippen LogP contribution in [0.25, 0.3) is 0 Å². The van der Waals surface area contributed by atoms with Crippen molar-refractivity contribution in [3.63, 3.8) is 0 Å². The van der Waals surface area contributed by atoms with Gasteiger partial charge in [0.05, 0.1) is 0 Å². The van der Waals surface area contributed by atoms with Crippen LogP contribution in [0.4, 0.5) is 0 Å². The molecule has 13 heavy (non-hydrogen) atoms. The second kappa shape index (κ2) is 4.43. The zero-order valence-electron chi connectivity index (χ0n) is 9.56. The first-order valence-corrected chi connectivity index (χ1v) is 5.46. The van der Waals surface area contributed by atoms with E-state index < -0.39 is 0 Å². The van der Waals surface area contributed by atoms with Crippen LogP contribution in [0.5, 0.6) is 0 Å². The molecule has 1 saturated carbocycles. The van der Waals surface area contributed by atoms with Gasteiger partial charge in [0.25, 0.3) is 0 Å². The highest BCUT2D eigenvalue weighted by molar-refractivity contribution is 4.86. The summed E-state index contributed by atoms with van der Waals surface area (Å²) in [6.45, 7) is 10.3. The molecule has 0 spiro atoms. The average Bonchev–Trinajstić information content (AvgIpc) is 2.82. The lowest BCUT2D eigenvalue weighted by molar-refractivity contribution is 0.198. The Kier molecular flexibility index (Phi) is 3.74. The minimum absolute atomic E-state index is 0.410. The first-order valence-electron chi connectivity index (χ1n) is 5.46. The molecule has 1 aliphatic carbocycles. The number of rotatable bonds is 6. The summed E-state index contributed by atoms with van der Waals surface area (Å²) in [5, 5.41) is 3.43. The summed E-state index contributed by atoms with van der Waals surface area (Å²) >= 11 is 0. The van der Waals surface area contributed by atoms with Crippen LogP contribution in [-0.2, 0) is 0 Å². The van der Waals surface area contributed by atoms with Gasteiger partial charge in [-0.25, -0.2) is 0 Å². The highest BCUT2D eigenvalue weighted by Crippen LogP contribution is 2.28. The third-order valence-corrected chi connectivity index (χ3v) is 2.70. The molecule has 0 aromatic carbocycles. The van der Waals surface area contributed by atoms with E-state index in [4.69, 9.17) is 0 Å². The standard InChI is InChI=1S/C11H24N2/c1-5-12-8-11(2,3)9-13(4)10-6-7-10/h10,12H,5-9H2,1-4H3. The quantitative estimate of drug-likeness (QED) is 0.676. The van der Waals surface area contributed by atoms with Crippen LogP contribution in [0.2, 0.25) is 0 Å². The normalized spacial score (nSPS) is 18.2. The van der Waals surface area contributed by atoms with Gasteiger partial charge in [-0.15, -0.1) is 0 Å². The zero-order chi connectivity index (χ0) is 9.90. The second-order valence-corrected chi connectivity index (χ2v) is 5.09. The fourth-order valence-corrected chi connectivity index (χ4v) is 1.84. The van der Waals surface area contributed by atoms with E-state index in [1.807, 2.05) is 0 Å². The van der Waals surface area contributed by atoms with Crippen molar-refractivity contribution in [2.75, 3.05) is 26.7 Å². The lowest BCUT2D eigenvalue weighted by Gasteiger charge is -2.30. The predicted molar refractivity (Wildman–Crippen MR) is 58.0 cm³/mol. The van der Waals surface area contributed by atoms with E-state index in [9.17, 15) is 0 Å². The Morgan fingerprint density at radius 2 is 2.00 bits per heavy atom. The second-order valence-electron chi connectivity index (χ2n) is 5.09. The molecule has 0 bridgehead atoms. The SMILES string of the molecule is CCNCC(C)(C)CN(C)C1CC1. The van der Waals surface area contributed by atoms with Crippen LogP contribution in [-0.4, -0.2) is 37.6 Å². The van der Waals surface area contributed by atoms with Gasteiger partial charge in [-0.3, -0.25) is 0 Å². The minimum atomic E-state index is 0.410. The molecule has 0 atom stereocenters. The van der Waals surface area contributed by atoms with Crippen molar-refractivity contribution in [3.05, 3.63) is 0 Å². The van der Waals surface area contributed by atoms with Gasteiger partial charge in [-0.1, -0.05) is 20.8 Å². The summed E-state index contributed by atoms with van der Waals surface area (Å²) in [6, 6.07) is 0.890. The fourth-order valence-electron chi connectivity index (χ4n) is 1.84. The molecule has 2 nitrogen and oxygen atoms in total. The topological polar surface area (TPSA) is 15.3 Å². The van der Waals surface area contributed by atoms with Gasteiger partial charge in [0, 0.05) is 19.1 Å². The highest BCUT2D eigenvalue weighted by atomic mass is 15.2. The van der Waals surface area contributed by atoms with E-state index in [0.717, 1.165) is 19.1 Å². The van der Waals surface area contributed by atoms with Gasteiger partial charge in [-0.05, 0) is 31.8 Å². The molecule has 0 unspecified atom stereocenters. The molecule has 0 aliphatic heterocycles. The maximum atomic E-state index is 3.43. The Hall–Kier alpha value is -0.0800. The molecule has 1 rings (SSSR count). The number of hydrogen-bond acceptors (Lipinski definition) is 2. The molecule has 0 radical (unpaired) electrons. The van der Waals surface area contributed by atoms with Crippen LogP contribution >= 0.6 is 0 Å². The summed E-state index contributed by atoms with van der Waals surface area (Å²) in [5.74, 6) is 0. The van der Waals surface area contributed by atoms with Crippen LogP contribution in [0.3, 0.4) is 0 Å². The van der Waals surface area contributed by atoms with Gasteiger partial charge in [0.15, 0.2) is 0 Å². The van der Waals surface area contributed by atoms with Crippen LogP contribution < -0.4 is 5.32 Å². The Morgan fingerprint density at radius 3 is 2.46 bits per heavy atom. The van der Waals surface area contributed by atoms with Gasteiger partial charge in [0.2, 0.25) is 0 Å². The zero-order valence-corrected chi connectivity index (χ0v) is 9.56. The van der Waals surface area contributed by atoms with E-state index in [1.165, 1.54) is 19.4 Å². The molecule has 0 aromatic heterocycles. The summed E-state index contributed by atoms with van der Waals surface area (Å²) < 4.78 is 0. The molecule has 0 heterocycles. The van der Waals surface area contributed by atoms with Crippen LogP contribution in [0.1, 0.15) is 33.6 Å². The number of hydrogen-bond donors (Lipinski definition) is 1. The fraction of sp³-hybridized carbons (Fsp3) is 1.00. The Balaban J connectivity index is 2.22. The van der Waals surface area contributed by atoms with E-state index in [2.05, 4.69) is 38.0 Å². The van der Waals surface area contributed by atoms with Crippen molar-refractivity contribution in [1.29, 1.82) is 0 Å². The van der Waals surface area contributed by atoms with Crippen molar-refractivity contribution >= 4 is 0 Å². The first kappa shape index (κ1) is 11.0. The Morgan fingerprint density at radius 1 is 1.38 bits per heavy atom. The lowest BCUT2D eigenvalue weighted by Crippen LogP contribution is -2.39. The number of nitrogens with one attached hydrogen (secondary N) is 1. The molecule has 1 N–H and O–H groups in total. The summed E-state index contributed by atoms with van der Waals surface area (Å²) in [5.41, 5.74) is 0.410. The highest BCUT2D eigenvalue weighted by Gasteiger charge is 2.30. The minimum Gasteiger partial charge on any atom is -0.316 e. The van der Waals surface area contributed by atoms with Crippen molar-refractivity contribution in [2.45, 2.75) is 39.7 Å². The van der Waals surface area contributed by atoms with E-state index in [-0.39, 0.29) is 0 Å². The van der Waals surface area contributed by atoms with Crippen molar-refractivity contribution in [3.8, 4) is 0 Å². The largest absolute Gasteiger partial charge is 0.316 e. The first-order chi connectivity index (χ1) is 6.05. The third kappa shape index (κ3) is 4.10. The molecule has 1 fully saturated rings. The van der Waals surface area contributed by atoms with Crippen molar-refractivity contribution in [1.82, 2.24) is 10.2 Å². The maximum absolute atomic E-state index is 3.43. The molecule has 78 valence electrons. The molecule has 1 aliphatic rings. The molecule has 0 aromatic rings. The van der Waals surface area contributed by atoms with E-state index >= 15 is 0 Å². The van der Waals surface area contributed by atoms with Crippen molar-refractivity contribution < 1.29 is 0 Å². The monoisotopic (exact) mass is 184 g/mol. The van der Waals surface area contributed by atoms with Crippen LogP contribution in [0, 0.1) is 5.41 Å². The molecule has 2 heteroatoms. The Labute approximate surface area is 82.7 Å². The van der Waals surface area contributed by atoms with E-state index in [1.54, 1.807) is 0 Å². The van der Waals surface area contributed by atoms with Gasteiger partial charge < -0.3 is 10.2 Å². The summed E-state index contributed by atoms with van der Waals surface area (Å²) in [6.07, 6.45) is 2.82. The molecular weight excluding hydrogens is 160 g/mol. The third-order valence-electron chi connectivity index (χ3n) is 2.70. The average molecular weight is 184 g/mol. The predicted octanol–water partition coefficient (Wildman–Crippen LogP) is 1.72. The molecular formula is C11H24N2.